The number of hydrogen-bond donors (Lipinski definition) is 4. The average Bonchev–Trinajstić information content (AvgIpc) is 3.53. The summed E-state index contributed by atoms with van der Waals surface area (Å²) in [5.41, 5.74) is 0. The van der Waals surface area contributed by atoms with Crippen LogP contribution in [0.4, 0.5) is 24.9 Å². The zero-order valence-electron chi connectivity index (χ0n) is 19.3. The lowest BCUT2D eigenvalue weighted by Crippen LogP contribution is -2.37. The van der Waals surface area contributed by atoms with Crippen molar-refractivity contribution in [1.29, 1.82) is 0 Å². The minimum absolute atomic E-state index is 0.0401. The molecule has 0 bridgehead atoms. The second kappa shape index (κ2) is 9.70. The predicted octanol–water partition coefficient (Wildman–Crippen LogP) is 1.17. The van der Waals surface area contributed by atoms with E-state index in [0.29, 0.717) is 10.6 Å². The molecular formula is C21H26F3N7O4S. The number of rotatable bonds is 7. The molecule has 11 nitrogen and oxygen atoms in total. The van der Waals surface area contributed by atoms with E-state index in [1.807, 2.05) is 17.9 Å². The van der Waals surface area contributed by atoms with E-state index in [-0.39, 0.29) is 51.0 Å². The smallest absolute Gasteiger partial charge is 0.394 e. The number of ether oxygens (including phenoxy) is 1. The Kier molecular flexibility index (Phi) is 6.76. The molecule has 15 heteroatoms. The fourth-order valence-electron chi connectivity index (χ4n) is 4.65. The zero-order valence-corrected chi connectivity index (χ0v) is 20.1. The van der Waals surface area contributed by atoms with Gasteiger partial charge in [0.05, 0.1) is 37.3 Å². The lowest BCUT2D eigenvalue weighted by molar-refractivity contribution is -0.147. The van der Waals surface area contributed by atoms with E-state index in [4.69, 9.17) is 9.84 Å². The molecule has 0 aromatic carbocycles. The number of alkyl halides is 3. The van der Waals surface area contributed by atoms with Gasteiger partial charge >= 0.3 is 6.18 Å². The molecule has 1 saturated carbocycles. The van der Waals surface area contributed by atoms with Crippen molar-refractivity contribution < 1.29 is 33.2 Å². The number of nitrogens with zero attached hydrogens (tertiary/aromatic N) is 6. The number of anilines is 2. The summed E-state index contributed by atoms with van der Waals surface area (Å²) in [7, 11) is 0. The van der Waals surface area contributed by atoms with Crippen molar-refractivity contribution in [2.45, 2.75) is 63.4 Å². The minimum atomic E-state index is -4.58. The number of aryl methyl sites for hydroxylation is 1. The molecule has 0 amide bonds. The molecule has 0 saturated heterocycles. The summed E-state index contributed by atoms with van der Waals surface area (Å²) in [4.78, 5) is 12.9. The average molecular weight is 530 g/mol. The third-order valence-corrected chi connectivity index (χ3v) is 7.62. The van der Waals surface area contributed by atoms with Crippen LogP contribution in [0, 0.1) is 0 Å². The number of aromatic nitrogens is 5. The summed E-state index contributed by atoms with van der Waals surface area (Å²) in [6, 6.07) is 1.38. The van der Waals surface area contributed by atoms with Crippen LogP contribution < -0.4 is 10.2 Å². The molecule has 196 valence electrons. The van der Waals surface area contributed by atoms with Gasteiger partial charge in [0.1, 0.15) is 22.9 Å². The van der Waals surface area contributed by atoms with E-state index in [1.165, 1.54) is 11.3 Å². The largest absolute Gasteiger partial charge is 0.451 e. The van der Waals surface area contributed by atoms with Gasteiger partial charge in [-0.1, -0.05) is 6.92 Å². The van der Waals surface area contributed by atoms with Crippen LogP contribution in [0.3, 0.4) is 0 Å². The summed E-state index contributed by atoms with van der Waals surface area (Å²) in [5, 5.41) is 40.8. The SMILES string of the molecule is CCc1cc2c(N3CCn4c(nnc4C(F)(F)F)C3)nc(N[C@@H]3C[C@H](OCCO)[C@@H](O)[C@H]3O)nc2s1. The molecule has 3 aromatic rings. The van der Waals surface area contributed by atoms with Gasteiger partial charge in [-0.2, -0.15) is 18.2 Å². The Morgan fingerprint density at radius 3 is 2.72 bits per heavy atom. The summed E-state index contributed by atoms with van der Waals surface area (Å²) in [6.07, 6.45) is -6.46. The van der Waals surface area contributed by atoms with Gasteiger partial charge < -0.3 is 34.8 Å². The number of hydrogen-bond acceptors (Lipinski definition) is 11. The summed E-state index contributed by atoms with van der Waals surface area (Å²) >= 11 is 1.49. The molecule has 2 aliphatic rings. The van der Waals surface area contributed by atoms with Crippen LogP contribution in [0.1, 0.15) is 29.9 Å². The van der Waals surface area contributed by atoms with Gasteiger partial charge in [0.25, 0.3) is 0 Å². The first-order valence-corrected chi connectivity index (χ1v) is 12.4. The van der Waals surface area contributed by atoms with Crippen LogP contribution in [0.2, 0.25) is 0 Å². The molecule has 1 fully saturated rings. The second-order valence-electron chi connectivity index (χ2n) is 8.77. The molecule has 4 N–H and O–H groups in total. The molecule has 3 aromatic heterocycles. The normalized spacial score (nSPS) is 24.5. The van der Waals surface area contributed by atoms with Crippen molar-refractivity contribution in [3.8, 4) is 0 Å². The van der Waals surface area contributed by atoms with Crippen LogP contribution >= 0.6 is 11.3 Å². The standard InChI is InChI=1S/C21H26F3N7O4S/c1-2-10-7-11-17(30-3-4-31-14(9-30)28-29-19(31)21(22,23)24)26-20(27-18(11)36-10)25-12-8-13(35-6-5-32)16(34)15(12)33/h7,12-13,15-16,32-34H,2-6,8-9H2,1H3,(H,25,26,27)/t12-,13+,15+,16-/m1/s1. The predicted molar refractivity (Wildman–Crippen MR) is 124 cm³/mol. The number of halogens is 3. The Morgan fingerprint density at radius 1 is 1.19 bits per heavy atom. The molecule has 1 aliphatic carbocycles. The first-order valence-electron chi connectivity index (χ1n) is 11.6. The zero-order chi connectivity index (χ0) is 25.6. The molecule has 5 rings (SSSR count). The number of thiophene rings is 1. The van der Waals surface area contributed by atoms with Gasteiger partial charge in [-0.15, -0.1) is 21.5 Å². The topological polar surface area (TPSA) is 142 Å². The monoisotopic (exact) mass is 529 g/mol. The molecule has 0 unspecified atom stereocenters. The van der Waals surface area contributed by atoms with Crippen LogP contribution in [-0.4, -0.2) is 84.2 Å². The maximum atomic E-state index is 13.3. The second-order valence-corrected chi connectivity index (χ2v) is 9.88. The van der Waals surface area contributed by atoms with Crippen LogP contribution in [0.15, 0.2) is 6.07 Å². The van der Waals surface area contributed by atoms with E-state index < -0.39 is 36.4 Å². The Hall–Kier alpha value is -2.59. The quantitative estimate of drug-likeness (QED) is 0.352. The maximum absolute atomic E-state index is 13.3. The fourth-order valence-corrected chi connectivity index (χ4v) is 5.61. The highest BCUT2D eigenvalue weighted by Crippen LogP contribution is 2.36. The highest BCUT2D eigenvalue weighted by molar-refractivity contribution is 7.18. The number of nitrogens with one attached hydrogen (secondary N) is 1. The summed E-state index contributed by atoms with van der Waals surface area (Å²) in [5.74, 6) is -0.0478. The summed E-state index contributed by atoms with van der Waals surface area (Å²) in [6.45, 7) is 2.26. The molecule has 1 aliphatic heterocycles. The molecule has 36 heavy (non-hydrogen) atoms. The third kappa shape index (κ3) is 4.61. The van der Waals surface area contributed by atoms with Gasteiger partial charge in [-0.25, -0.2) is 4.98 Å². The van der Waals surface area contributed by atoms with E-state index in [1.54, 1.807) is 0 Å². The number of aliphatic hydroxyl groups excluding tert-OH is 3. The first-order chi connectivity index (χ1) is 17.2. The van der Waals surface area contributed by atoms with Crippen LogP contribution in [0.5, 0.6) is 0 Å². The maximum Gasteiger partial charge on any atom is 0.451 e. The van der Waals surface area contributed by atoms with E-state index in [0.717, 1.165) is 21.3 Å². The van der Waals surface area contributed by atoms with Crippen molar-refractivity contribution in [3.05, 3.63) is 22.6 Å². The minimum Gasteiger partial charge on any atom is -0.394 e. The lowest BCUT2D eigenvalue weighted by Gasteiger charge is -2.29. The molecular weight excluding hydrogens is 503 g/mol. The van der Waals surface area contributed by atoms with Crippen LogP contribution in [-0.2, 0) is 30.4 Å². The number of fused-ring (bicyclic) bond motifs is 2. The molecule has 4 heterocycles. The van der Waals surface area contributed by atoms with E-state index in [2.05, 4.69) is 25.5 Å². The van der Waals surface area contributed by atoms with Crippen LogP contribution in [0.25, 0.3) is 10.2 Å². The van der Waals surface area contributed by atoms with Gasteiger partial charge in [0, 0.05) is 18.0 Å². The van der Waals surface area contributed by atoms with Crippen molar-refractivity contribution >= 4 is 33.3 Å². The van der Waals surface area contributed by atoms with Gasteiger partial charge in [0.2, 0.25) is 11.8 Å². The molecule has 4 atom stereocenters. The van der Waals surface area contributed by atoms with Crippen molar-refractivity contribution in [1.82, 2.24) is 24.7 Å². The Bertz CT molecular complexity index is 1240. The van der Waals surface area contributed by atoms with Gasteiger partial charge in [-0.3, -0.25) is 0 Å². The van der Waals surface area contributed by atoms with E-state index in [9.17, 15) is 23.4 Å². The molecule has 0 radical (unpaired) electrons. The lowest BCUT2D eigenvalue weighted by atomic mass is 10.2. The first kappa shape index (κ1) is 25.1. The highest BCUT2D eigenvalue weighted by Gasteiger charge is 2.43. The van der Waals surface area contributed by atoms with Gasteiger partial charge in [-0.05, 0) is 18.9 Å². The van der Waals surface area contributed by atoms with E-state index >= 15 is 0 Å². The Balaban J connectivity index is 1.44. The summed E-state index contributed by atoms with van der Waals surface area (Å²) < 4.78 is 46.3. The fraction of sp³-hybridized carbons (Fsp3) is 0.619. The van der Waals surface area contributed by atoms with Crippen molar-refractivity contribution in [2.75, 3.05) is 30.0 Å². The van der Waals surface area contributed by atoms with Crippen molar-refractivity contribution in [2.24, 2.45) is 0 Å². The molecule has 0 spiro atoms. The number of aliphatic hydroxyl groups is 3. The third-order valence-electron chi connectivity index (χ3n) is 6.45. The van der Waals surface area contributed by atoms with Gasteiger partial charge in [0.15, 0.2) is 5.82 Å². The Labute approximate surface area is 207 Å². The Morgan fingerprint density at radius 2 is 2.00 bits per heavy atom. The van der Waals surface area contributed by atoms with Crippen molar-refractivity contribution in [3.63, 3.8) is 0 Å². The highest BCUT2D eigenvalue weighted by atomic mass is 32.1.